The highest BCUT2D eigenvalue weighted by atomic mass is 32.2. The normalized spacial score (nSPS) is 20.9. The van der Waals surface area contributed by atoms with Crippen LogP contribution in [0.1, 0.15) is 37.3 Å². The van der Waals surface area contributed by atoms with Crippen LogP contribution >= 0.6 is 0 Å². The molecular weight excluding hydrogens is 260 g/mol. The van der Waals surface area contributed by atoms with Gasteiger partial charge in [-0.1, -0.05) is 19.1 Å². The van der Waals surface area contributed by atoms with E-state index in [9.17, 15) is 8.42 Å². The molecule has 1 aliphatic heterocycles. The van der Waals surface area contributed by atoms with Crippen molar-refractivity contribution in [3.05, 3.63) is 29.3 Å². The van der Waals surface area contributed by atoms with Crippen molar-refractivity contribution in [3.63, 3.8) is 0 Å². The average molecular weight is 282 g/mol. The van der Waals surface area contributed by atoms with Gasteiger partial charge in [-0.2, -0.15) is 4.31 Å². The van der Waals surface area contributed by atoms with E-state index in [1.165, 1.54) is 0 Å². The van der Waals surface area contributed by atoms with E-state index in [0.717, 1.165) is 30.4 Å². The van der Waals surface area contributed by atoms with E-state index in [4.69, 9.17) is 5.73 Å². The fourth-order valence-electron chi connectivity index (χ4n) is 2.71. The van der Waals surface area contributed by atoms with Crippen LogP contribution in [0.4, 0.5) is 0 Å². The minimum Gasteiger partial charge on any atom is -0.326 e. The summed E-state index contributed by atoms with van der Waals surface area (Å²) < 4.78 is 27.2. The van der Waals surface area contributed by atoms with Gasteiger partial charge in [0.15, 0.2) is 0 Å². The Labute approximate surface area is 115 Å². The first-order valence-corrected chi connectivity index (χ1v) is 8.26. The van der Waals surface area contributed by atoms with E-state index in [0.29, 0.717) is 18.0 Å². The molecular formula is C14H22N2O2S. The number of nitrogens with two attached hydrogens (primary N) is 1. The fraction of sp³-hybridized carbons (Fsp3) is 0.571. The Balaban J connectivity index is 2.44. The van der Waals surface area contributed by atoms with Crippen molar-refractivity contribution in [1.29, 1.82) is 0 Å². The number of rotatable bonds is 4. The molecule has 0 aliphatic carbocycles. The Morgan fingerprint density at radius 2 is 2.16 bits per heavy atom. The molecule has 1 heterocycles. The van der Waals surface area contributed by atoms with Crippen LogP contribution in [0.25, 0.3) is 0 Å². The second-order valence-corrected chi connectivity index (χ2v) is 6.98. The van der Waals surface area contributed by atoms with Gasteiger partial charge in [0.25, 0.3) is 0 Å². The van der Waals surface area contributed by atoms with Crippen molar-refractivity contribution in [1.82, 2.24) is 4.31 Å². The third-order valence-corrected chi connectivity index (χ3v) is 5.96. The Hall–Kier alpha value is -0.910. The highest BCUT2D eigenvalue weighted by molar-refractivity contribution is 7.89. The van der Waals surface area contributed by atoms with Crippen LogP contribution in [0.15, 0.2) is 23.1 Å². The molecule has 4 nitrogen and oxygen atoms in total. The zero-order chi connectivity index (χ0) is 14.0. The van der Waals surface area contributed by atoms with Crippen molar-refractivity contribution >= 4 is 10.0 Å². The van der Waals surface area contributed by atoms with Crippen molar-refractivity contribution < 1.29 is 8.42 Å². The zero-order valence-electron chi connectivity index (χ0n) is 11.6. The summed E-state index contributed by atoms with van der Waals surface area (Å²) in [6.45, 7) is 4.87. The molecule has 19 heavy (non-hydrogen) atoms. The lowest BCUT2D eigenvalue weighted by Gasteiger charge is -2.24. The van der Waals surface area contributed by atoms with Gasteiger partial charge in [0.05, 0.1) is 4.90 Å². The second-order valence-electron chi connectivity index (χ2n) is 5.12. The molecule has 5 heteroatoms. The number of sulfonamides is 1. The number of hydrogen-bond donors (Lipinski definition) is 1. The molecule has 1 saturated heterocycles. The van der Waals surface area contributed by atoms with Crippen LogP contribution in [-0.2, 0) is 16.6 Å². The van der Waals surface area contributed by atoms with E-state index in [2.05, 4.69) is 0 Å². The molecule has 1 fully saturated rings. The van der Waals surface area contributed by atoms with E-state index in [1.807, 2.05) is 26.0 Å². The minimum atomic E-state index is -3.39. The lowest BCUT2D eigenvalue weighted by molar-refractivity contribution is 0.379. The lowest BCUT2D eigenvalue weighted by Crippen LogP contribution is -2.35. The highest BCUT2D eigenvalue weighted by Crippen LogP contribution is 2.29. The molecule has 0 aromatic heterocycles. The smallest absolute Gasteiger partial charge is 0.243 e. The standard InChI is InChI=1S/C14H22N2O2S/c1-3-13-5-4-8-16(13)19(17,18)14-9-12(10-15)7-6-11(14)2/h6-7,9,13H,3-5,8,10,15H2,1-2H3. The van der Waals surface area contributed by atoms with Gasteiger partial charge >= 0.3 is 0 Å². The van der Waals surface area contributed by atoms with Crippen molar-refractivity contribution in [2.45, 2.75) is 50.6 Å². The van der Waals surface area contributed by atoms with E-state index in [-0.39, 0.29) is 6.04 Å². The lowest BCUT2D eigenvalue weighted by atomic mass is 10.1. The topological polar surface area (TPSA) is 63.4 Å². The van der Waals surface area contributed by atoms with E-state index in [1.54, 1.807) is 10.4 Å². The Bertz CT molecular complexity index is 555. The molecule has 0 saturated carbocycles. The van der Waals surface area contributed by atoms with Crippen LogP contribution in [-0.4, -0.2) is 25.3 Å². The van der Waals surface area contributed by atoms with E-state index < -0.39 is 10.0 Å². The summed E-state index contributed by atoms with van der Waals surface area (Å²) in [4.78, 5) is 0.413. The van der Waals surface area contributed by atoms with Crippen molar-refractivity contribution in [2.24, 2.45) is 5.73 Å². The molecule has 1 atom stereocenters. The number of aryl methyl sites for hydroxylation is 1. The Kier molecular flexibility index (Phi) is 4.28. The number of nitrogens with zero attached hydrogens (tertiary/aromatic N) is 1. The predicted octanol–water partition coefficient (Wildman–Crippen LogP) is 2.02. The van der Waals surface area contributed by atoms with Crippen molar-refractivity contribution in [2.75, 3.05) is 6.54 Å². The molecule has 1 aliphatic rings. The second kappa shape index (κ2) is 5.61. The third-order valence-electron chi connectivity index (χ3n) is 3.87. The summed E-state index contributed by atoms with van der Waals surface area (Å²) in [6.07, 6.45) is 2.79. The maximum absolute atomic E-state index is 12.8. The van der Waals surface area contributed by atoms with Crippen LogP contribution in [0, 0.1) is 6.92 Å². The maximum atomic E-state index is 12.8. The van der Waals surface area contributed by atoms with Gasteiger partial charge in [-0.3, -0.25) is 0 Å². The van der Waals surface area contributed by atoms with Crippen LogP contribution in [0.5, 0.6) is 0 Å². The molecule has 106 valence electrons. The summed E-state index contributed by atoms with van der Waals surface area (Å²) in [6, 6.07) is 5.59. The first-order valence-electron chi connectivity index (χ1n) is 6.82. The minimum absolute atomic E-state index is 0.144. The summed E-state index contributed by atoms with van der Waals surface area (Å²) in [5.41, 5.74) is 7.26. The van der Waals surface area contributed by atoms with Crippen molar-refractivity contribution in [3.8, 4) is 0 Å². The molecule has 2 rings (SSSR count). The van der Waals surface area contributed by atoms with Gasteiger partial charge in [-0.15, -0.1) is 0 Å². The first kappa shape index (κ1) is 14.5. The van der Waals surface area contributed by atoms with Gasteiger partial charge in [0.2, 0.25) is 10.0 Å². The number of hydrogen-bond acceptors (Lipinski definition) is 3. The molecule has 1 aromatic carbocycles. The van der Waals surface area contributed by atoms with Gasteiger partial charge in [-0.25, -0.2) is 8.42 Å². The van der Waals surface area contributed by atoms with E-state index >= 15 is 0 Å². The molecule has 2 N–H and O–H groups in total. The molecule has 0 radical (unpaired) electrons. The number of benzene rings is 1. The van der Waals surface area contributed by atoms with Gasteiger partial charge in [0, 0.05) is 19.1 Å². The van der Waals surface area contributed by atoms with Gasteiger partial charge in [-0.05, 0) is 43.4 Å². The monoisotopic (exact) mass is 282 g/mol. The van der Waals surface area contributed by atoms with Crippen LogP contribution in [0.3, 0.4) is 0 Å². The summed E-state index contributed by atoms with van der Waals surface area (Å²) in [7, 11) is -3.39. The maximum Gasteiger partial charge on any atom is 0.243 e. The molecule has 0 amide bonds. The van der Waals surface area contributed by atoms with Gasteiger partial charge in [0.1, 0.15) is 0 Å². The quantitative estimate of drug-likeness (QED) is 0.919. The average Bonchev–Trinajstić information content (AvgIpc) is 2.88. The van der Waals surface area contributed by atoms with Crippen LogP contribution < -0.4 is 5.73 Å². The molecule has 0 spiro atoms. The zero-order valence-corrected chi connectivity index (χ0v) is 12.4. The summed E-state index contributed by atoms with van der Waals surface area (Å²) in [5.74, 6) is 0. The van der Waals surface area contributed by atoms with Crippen LogP contribution in [0.2, 0.25) is 0 Å². The molecule has 1 unspecified atom stereocenters. The summed E-state index contributed by atoms with van der Waals surface area (Å²) in [5, 5.41) is 0. The highest BCUT2D eigenvalue weighted by Gasteiger charge is 2.34. The predicted molar refractivity (Wildman–Crippen MR) is 76.3 cm³/mol. The fourth-order valence-corrected chi connectivity index (χ4v) is 4.75. The molecule has 0 bridgehead atoms. The largest absolute Gasteiger partial charge is 0.326 e. The third kappa shape index (κ3) is 2.68. The summed E-state index contributed by atoms with van der Waals surface area (Å²) >= 11 is 0. The Morgan fingerprint density at radius 3 is 2.79 bits per heavy atom. The first-order chi connectivity index (χ1) is 9.00. The molecule has 1 aromatic rings. The Morgan fingerprint density at radius 1 is 1.42 bits per heavy atom. The van der Waals surface area contributed by atoms with Gasteiger partial charge < -0.3 is 5.73 Å². The SMILES string of the molecule is CCC1CCCN1S(=O)(=O)c1cc(CN)ccc1C.